The molecule has 7 heteroatoms. The van der Waals surface area contributed by atoms with Crippen molar-refractivity contribution in [3.8, 4) is 11.5 Å². The number of methoxy groups -OCH3 is 1. The van der Waals surface area contributed by atoms with Crippen molar-refractivity contribution < 1.29 is 19.0 Å². The van der Waals surface area contributed by atoms with E-state index in [1.54, 1.807) is 14.0 Å². The van der Waals surface area contributed by atoms with Crippen LogP contribution in [0, 0.1) is 0 Å². The summed E-state index contributed by atoms with van der Waals surface area (Å²) in [5.41, 5.74) is 2.25. The lowest BCUT2D eigenvalue weighted by Gasteiger charge is -2.31. The standard InChI is InChI=1S/C22H30N2O4S/c1-4-8-16-19(21(25)27-5-2)20(24-22(29)23-16)14-11-12-17(18(13-14)26-3)28-15-9-6-7-10-15/h11-13,15,20H,4-10H2,1-3H3,(H2,23,24,29)/t20-/m0/s1. The second-order valence-corrected chi connectivity index (χ2v) is 7.74. The number of nitrogens with one attached hydrogen (secondary N) is 2. The Morgan fingerprint density at radius 2 is 1.97 bits per heavy atom. The highest BCUT2D eigenvalue weighted by atomic mass is 32.1. The monoisotopic (exact) mass is 418 g/mol. The molecule has 1 fully saturated rings. The van der Waals surface area contributed by atoms with Gasteiger partial charge < -0.3 is 24.8 Å². The van der Waals surface area contributed by atoms with Gasteiger partial charge in [-0.15, -0.1) is 0 Å². The molecule has 1 aliphatic carbocycles. The highest BCUT2D eigenvalue weighted by Crippen LogP contribution is 2.37. The second-order valence-electron chi connectivity index (χ2n) is 7.33. The van der Waals surface area contributed by atoms with Crippen LogP contribution in [0.15, 0.2) is 29.5 Å². The van der Waals surface area contributed by atoms with Crippen molar-refractivity contribution in [1.82, 2.24) is 10.6 Å². The molecule has 0 saturated heterocycles. The number of carbonyl (C=O) groups excluding carboxylic acids is 1. The maximum atomic E-state index is 12.8. The summed E-state index contributed by atoms with van der Waals surface area (Å²) < 4.78 is 17.1. The average molecular weight is 419 g/mol. The largest absolute Gasteiger partial charge is 0.493 e. The highest BCUT2D eigenvalue weighted by Gasteiger charge is 2.32. The molecule has 1 aliphatic heterocycles. The smallest absolute Gasteiger partial charge is 0.338 e. The number of ether oxygens (including phenoxy) is 3. The van der Waals surface area contributed by atoms with Gasteiger partial charge in [0.15, 0.2) is 16.6 Å². The van der Waals surface area contributed by atoms with E-state index < -0.39 is 6.04 Å². The fraction of sp³-hybridized carbons (Fsp3) is 0.545. The van der Waals surface area contributed by atoms with Gasteiger partial charge in [0, 0.05) is 5.70 Å². The first-order valence-corrected chi connectivity index (χ1v) is 10.8. The lowest BCUT2D eigenvalue weighted by molar-refractivity contribution is -0.139. The summed E-state index contributed by atoms with van der Waals surface area (Å²) in [5, 5.41) is 6.85. The SMILES string of the molecule is CCCC1=C(C(=O)OCC)[C@H](c2ccc(OC3CCCC3)c(OC)c2)NC(=S)N1. The van der Waals surface area contributed by atoms with Crippen LogP contribution < -0.4 is 20.1 Å². The third-order valence-corrected chi connectivity index (χ3v) is 5.49. The molecule has 1 heterocycles. The van der Waals surface area contributed by atoms with Crippen molar-refractivity contribution >= 4 is 23.3 Å². The number of hydrogen-bond donors (Lipinski definition) is 2. The number of esters is 1. The van der Waals surface area contributed by atoms with Gasteiger partial charge in [0.2, 0.25) is 0 Å². The first kappa shape index (κ1) is 21.4. The van der Waals surface area contributed by atoms with Crippen molar-refractivity contribution in [3.63, 3.8) is 0 Å². The Bertz CT molecular complexity index is 787. The van der Waals surface area contributed by atoms with Gasteiger partial charge in [0.05, 0.1) is 31.4 Å². The van der Waals surface area contributed by atoms with Gasteiger partial charge in [-0.2, -0.15) is 0 Å². The summed E-state index contributed by atoms with van der Waals surface area (Å²) in [7, 11) is 1.63. The normalized spacial score (nSPS) is 19.6. The molecule has 0 amide bonds. The molecule has 158 valence electrons. The lowest BCUT2D eigenvalue weighted by atomic mass is 9.93. The quantitative estimate of drug-likeness (QED) is 0.485. The van der Waals surface area contributed by atoms with Gasteiger partial charge >= 0.3 is 5.97 Å². The Labute approximate surface area is 178 Å². The molecule has 6 nitrogen and oxygen atoms in total. The van der Waals surface area contributed by atoms with Crippen LogP contribution in [0.25, 0.3) is 0 Å². The molecule has 0 unspecified atom stereocenters. The van der Waals surface area contributed by atoms with Crippen LogP contribution in [0.4, 0.5) is 0 Å². The van der Waals surface area contributed by atoms with E-state index >= 15 is 0 Å². The molecule has 1 aromatic rings. The fourth-order valence-electron chi connectivity index (χ4n) is 3.91. The molecule has 29 heavy (non-hydrogen) atoms. The Morgan fingerprint density at radius 1 is 1.21 bits per heavy atom. The van der Waals surface area contributed by atoms with Crippen LogP contribution in [-0.2, 0) is 9.53 Å². The topological polar surface area (TPSA) is 68.8 Å². The number of benzene rings is 1. The summed E-state index contributed by atoms with van der Waals surface area (Å²) in [6.07, 6.45) is 6.40. The van der Waals surface area contributed by atoms with Crippen LogP contribution >= 0.6 is 12.2 Å². The number of allylic oxidation sites excluding steroid dienone is 1. The fourth-order valence-corrected chi connectivity index (χ4v) is 4.15. The van der Waals surface area contributed by atoms with E-state index in [1.807, 2.05) is 18.2 Å². The highest BCUT2D eigenvalue weighted by molar-refractivity contribution is 7.80. The van der Waals surface area contributed by atoms with Gasteiger partial charge in [-0.3, -0.25) is 0 Å². The Hall–Kier alpha value is -2.28. The molecule has 2 aliphatic rings. The van der Waals surface area contributed by atoms with Crippen LogP contribution in [0.1, 0.15) is 64.0 Å². The minimum atomic E-state index is -0.404. The van der Waals surface area contributed by atoms with Gasteiger partial charge in [-0.1, -0.05) is 19.4 Å². The minimum Gasteiger partial charge on any atom is -0.493 e. The molecule has 3 rings (SSSR count). The molecule has 1 atom stereocenters. The van der Waals surface area contributed by atoms with Crippen molar-refractivity contribution in [1.29, 1.82) is 0 Å². The van der Waals surface area contributed by atoms with Crippen molar-refractivity contribution in [2.45, 2.75) is 64.5 Å². The van der Waals surface area contributed by atoms with E-state index in [0.717, 1.165) is 36.3 Å². The minimum absolute atomic E-state index is 0.241. The summed E-state index contributed by atoms with van der Waals surface area (Å²) in [5.74, 6) is 1.05. The van der Waals surface area contributed by atoms with Crippen LogP contribution in [0.2, 0.25) is 0 Å². The first-order chi connectivity index (χ1) is 14.1. The van der Waals surface area contributed by atoms with Crippen molar-refractivity contribution in [3.05, 3.63) is 35.0 Å². The molecular formula is C22H30N2O4S. The zero-order valence-electron chi connectivity index (χ0n) is 17.4. The van der Waals surface area contributed by atoms with E-state index in [9.17, 15) is 4.79 Å². The maximum absolute atomic E-state index is 12.8. The average Bonchev–Trinajstić information content (AvgIpc) is 3.21. The summed E-state index contributed by atoms with van der Waals surface area (Å²) in [6.45, 7) is 4.19. The molecule has 0 spiro atoms. The van der Waals surface area contributed by atoms with E-state index in [1.165, 1.54) is 12.8 Å². The predicted molar refractivity (Wildman–Crippen MR) is 116 cm³/mol. The van der Waals surface area contributed by atoms with E-state index in [2.05, 4.69) is 17.6 Å². The van der Waals surface area contributed by atoms with Crippen molar-refractivity contribution in [2.24, 2.45) is 0 Å². The molecule has 0 bridgehead atoms. The Morgan fingerprint density at radius 3 is 2.62 bits per heavy atom. The van der Waals surface area contributed by atoms with E-state index in [0.29, 0.717) is 29.5 Å². The Kier molecular flexibility index (Phi) is 7.36. The molecule has 0 aromatic heterocycles. The summed E-state index contributed by atoms with van der Waals surface area (Å²) in [4.78, 5) is 12.8. The zero-order chi connectivity index (χ0) is 20.8. The van der Waals surface area contributed by atoms with Crippen LogP contribution in [0.5, 0.6) is 11.5 Å². The van der Waals surface area contributed by atoms with Gasteiger partial charge in [0.25, 0.3) is 0 Å². The molecule has 1 saturated carbocycles. The number of rotatable bonds is 8. The van der Waals surface area contributed by atoms with E-state index in [4.69, 9.17) is 26.4 Å². The molecule has 1 aromatic carbocycles. The zero-order valence-corrected chi connectivity index (χ0v) is 18.2. The van der Waals surface area contributed by atoms with Gasteiger partial charge in [0.1, 0.15) is 0 Å². The predicted octanol–water partition coefficient (Wildman–Crippen LogP) is 4.15. The van der Waals surface area contributed by atoms with Gasteiger partial charge in [-0.25, -0.2) is 4.79 Å². The number of thiocarbonyl (C=S) groups is 1. The molecule has 2 N–H and O–H groups in total. The molecular weight excluding hydrogens is 388 g/mol. The third kappa shape index (κ3) is 5.01. The summed E-state index contributed by atoms with van der Waals surface area (Å²) in [6, 6.07) is 5.39. The van der Waals surface area contributed by atoms with Gasteiger partial charge in [-0.05, 0) is 68.9 Å². The number of hydrogen-bond acceptors (Lipinski definition) is 5. The summed E-state index contributed by atoms with van der Waals surface area (Å²) >= 11 is 5.40. The van der Waals surface area contributed by atoms with Crippen LogP contribution in [-0.4, -0.2) is 30.9 Å². The lowest BCUT2D eigenvalue weighted by Crippen LogP contribution is -2.45. The van der Waals surface area contributed by atoms with Crippen molar-refractivity contribution in [2.75, 3.05) is 13.7 Å². The molecule has 0 radical (unpaired) electrons. The third-order valence-electron chi connectivity index (χ3n) is 5.27. The number of carbonyl (C=O) groups is 1. The van der Waals surface area contributed by atoms with Crippen LogP contribution in [0.3, 0.4) is 0 Å². The maximum Gasteiger partial charge on any atom is 0.338 e. The van der Waals surface area contributed by atoms with E-state index in [-0.39, 0.29) is 12.1 Å². The second kappa shape index (κ2) is 9.96. The Balaban J connectivity index is 1.95. The first-order valence-electron chi connectivity index (χ1n) is 10.4.